The molecule has 3 aromatic rings. The Bertz CT molecular complexity index is 880. The van der Waals surface area contributed by atoms with Crippen molar-refractivity contribution in [3.8, 4) is 22.2 Å². The highest BCUT2D eigenvalue weighted by Crippen LogP contribution is 2.38. The number of hydrogen-bond donors (Lipinski definition) is 0. The van der Waals surface area contributed by atoms with Crippen LogP contribution in [0.3, 0.4) is 0 Å². The van der Waals surface area contributed by atoms with Gasteiger partial charge in [-0.2, -0.15) is 0 Å². The van der Waals surface area contributed by atoms with E-state index in [1.54, 1.807) is 23.1 Å². The van der Waals surface area contributed by atoms with Crippen LogP contribution in [0.1, 0.15) is 12.5 Å². The number of hydrogen-bond acceptors (Lipinski definition) is 6. The molecule has 0 N–H and O–H groups in total. The minimum atomic E-state index is 0.593. The largest absolute Gasteiger partial charge is 0.486 e. The van der Waals surface area contributed by atoms with E-state index in [0.717, 1.165) is 49.7 Å². The number of thiophene rings is 1. The van der Waals surface area contributed by atoms with Crippen LogP contribution in [0.2, 0.25) is 0 Å². The van der Waals surface area contributed by atoms with E-state index in [1.807, 2.05) is 18.2 Å². The fourth-order valence-corrected chi connectivity index (χ4v) is 4.99. The second kappa shape index (κ2) is 7.39. The Kier molecular flexibility index (Phi) is 5.00. The van der Waals surface area contributed by atoms with Crippen molar-refractivity contribution in [1.29, 1.82) is 0 Å². The van der Waals surface area contributed by atoms with Gasteiger partial charge in [0.2, 0.25) is 0 Å². The zero-order valence-corrected chi connectivity index (χ0v) is 16.8. The molecule has 0 bridgehead atoms. The molecule has 1 aromatic carbocycles. The van der Waals surface area contributed by atoms with Gasteiger partial charge in [0.1, 0.15) is 13.2 Å². The SMILES string of the molecule is CCn1c(SCc2cc3c(cc2Br)OCCO3)nnc1-c1cccs1. The zero-order valence-electron chi connectivity index (χ0n) is 13.6. The summed E-state index contributed by atoms with van der Waals surface area (Å²) in [7, 11) is 0. The molecule has 0 aliphatic carbocycles. The predicted molar refractivity (Wildman–Crippen MR) is 104 cm³/mol. The van der Waals surface area contributed by atoms with Gasteiger partial charge in [-0.05, 0) is 36.1 Å². The van der Waals surface area contributed by atoms with Crippen molar-refractivity contribution < 1.29 is 9.47 Å². The van der Waals surface area contributed by atoms with E-state index >= 15 is 0 Å². The molecule has 8 heteroatoms. The number of benzene rings is 1. The molecule has 2 aromatic heterocycles. The van der Waals surface area contributed by atoms with E-state index in [4.69, 9.17) is 9.47 Å². The number of thioether (sulfide) groups is 1. The van der Waals surface area contributed by atoms with Crippen LogP contribution in [0.4, 0.5) is 0 Å². The van der Waals surface area contributed by atoms with Crippen LogP contribution >= 0.6 is 39.0 Å². The first-order chi connectivity index (χ1) is 12.3. The van der Waals surface area contributed by atoms with E-state index in [1.165, 1.54) is 0 Å². The topological polar surface area (TPSA) is 49.2 Å². The van der Waals surface area contributed by atoms with E-state index in [9.17, 15) is 0 Å². The number of halogens is 1. The molecule has 0 unspecified atom stereocenters. The van der Waals surface area contributed by atoms with Crippen LogP contribution in [-0.2, 0) is 12.3 Å². The molecule has 1 aliphatic heterocycles. The summed E-state index contributed by atoms with van der Waals surface area (Å²) < 4.78 is 14.5. The summed E-state index contributed by atoms with van der Waals surface area (Å²) in [5, 5.41) is 11.7. The maximum Gasteiger partial charge on any atom is 0.191 e. The molecule has 0 saturated heterocycles. The van der Waals surface area contributed by atoms with Crippen LogP contribution < -0.4 is 9.47 Å². The van der Waals surface area contributed by atoms with Crippen molar-refractivity contribution in [2.24, 2.45) is 0 Å². The maximum absolute atomic E-state index is 5.68. The van der Waals surface area contributed by atoms with E-state index < -0.39 is 0 Å². The summed E-state index contributed by atoms with van der Waals surface area (Å²) in [5.41, 5.74) is 1.15. The minimum absolute atomic E-state index is 0.593. The maximum atomic E-state index is 5.68. The monoisotopic (exact) mass is 437 g/mol. The summed E-state index contributed by atoms with van der Waals surface area (Å²) in [4.78, 5) is 1.14. The summed E-state index contributed by atoms with van der Waals surface area (Å²) in [6, 6.07) is 8.13. The van der Waals surface area contributed by atoms with Crippen LogP contribution in [0.25, 0.3) is 10.7 Å². The summed E-state index contributed by atoms with van der Waals surface area (Å²) in [6.07, 6.45) is 0. The number of aromatic nitrogens is 3. The lowest BCUT2D eigenvalue weighted by Gasteiger charge is -2.19. The fourth-order valence-electron chi connectivity index (χ4n) is 2.63. The second-order valence-corrected chi connectivity index (χ2v) is 8.15. The molecule has 0 spiro atoms. The zero-order chi connectivity index (χ0) is 17.2. The van der Waals surface area contributed by atoms with Gasteiger partial charge in [-0.25, -0.2) is 0 Å². The first-order valence-corrected chi connectivity index (χ1v) is 10.6. The highest BCUT2D eigenvalue weighted by molar-refractivity contribution is 9.10. The number of nitrogens with zero attached hydrogens (tertiary/aromatic N) is 3. The Morgan fingerprint density at radius 1 is 1.24 bits per heavy atom. The summed E-state index contributed by atoms with van der Waals surface area (Å²) >= 11 is 6.99. The van der Waals surface area contributed by atoms with Gasteiger partial charge in [0.05, 0.1) is 4.88 Å². The Balaban J connectivity index is 1.56. The van der Waals surface area contributed by atoms with Crippen molar-refractivity contribution in [3.05, 3.63) is 39.7 Å². The lowest BCUT2D eigenvalue weighted by atomic mass is 10.2. The molecule has 25 heavy (non-hydrogen) atoms. The molecule has 3 heterocycles. The molecule has 130 valence electrons. The van der Waals surface area contributed by atoms with Gasteiger partial charge >= 0.3 is 0 Å². The van der Waals surface area contributed by atoms with Crippen LogP contribution in [0.5, 0.6) is 11.5 Å². The minimum Gasteiger partial charge on any atom is -0.486 e. The van der Waals surface area contributed by atoms with Gasteiger partial charge in [0, 0.05) is 16.8 Å². The molecular formula is C17H16BrN3O2S2. The lowest BCUT2D eigenvalue weighted by Crippen LogP contribution is -2.15. The number of fused-ring (bicyclic) bond motifs is 1. The molecule has 0 radical (unpaired) electrons. The molecule has 0 fully saturated rings. The van der Waals surface area contributed by atoms with Gasteiger partial charge in [-0.15, -0.1) is 21.5 Å². The van der Waals surface area contributed by atoms with Crippen LogP contribution in [0, 0.1) is 0 Å². The Morgan fingerprint density at radius 2 is 2.04 bits per heavy atom. The van der Waals surface area contributed by atoms with Crippen molar-refractivity contribution >= 4 is 39.0 Å². The van der Waals surface area contributed by atoms with Crippen LogP contribution in [0.15, 0.2) is 39.3 Å². The Morgan fingerprint density at radius 3 is 2.76 bits per heavy atom. The first-order valence-electron chi connectivity index (χ1n) is 7.94. The second-order valence-electron chi connectivity index (χ2n) is 5.40. The highest BCUT2D eigenvalue weighted by atomic mass is 79.9. The van der Waals surface area contributed by atoms with Crippen molar-refractivity contribution in [2.75, 3.05) is 13.2 Å². The lowest BCUT2D eigenvalue weighted by molar-refractivity contribution is 0.171. The average molecular weight is 438 g/mol. The first kappa shape index (κ1) is 16.9. The third-order valence-corrected chi connectivity index (χ3v) is 6.46. The normalized spacial score (nSPS) is 13.2. The quantitative estimate of drug-likeness (QED) is 0.533. The fraction of sp³-hybridized carbons (Fsp3) is 0.294. The smallest absolute Gasteiger partial charge is 0.191 e. The molecule has 4 rings (SSSR count). The average Bonchev–Trinajstić information content (AvgIpc) is 3.28. The van der Waals surface area contributed by atoms with Crippen molar-refractivity contribution in [2.45, 2.75) is 24.4 Å². The predicted octanol–water partition coefficient (Wildman–Crippen LogP) is 4.85. The van der Waals surface area contributed by atoms with E-state index in [0.29, 0.717) is 13.2 Å². The highest BCUT2D eigenvalue weighted by Gasteiger charge is 2.17. The molecule has 0 atom stereocenters. The van der Waals surface area contributed by atoms with E-state index in [2.05, 4.69) is 49.1 Å². The Hall–Kier alpha value is -1.51. The van der Waals surface area contributed by atoms with Crippen molar-refractivity contribution in [1.82, 2.24) is 14.8 Å². The molecular weight excluding hydrogens is 422 g/mol. The molecule has 0 amide bonds. The van der Waals surface area contributed by atoms with Gasteiger partial charge in [-0.3, -0.25) is 0 Å². The Labute approximate surface area is 162 Å². The molecule has 5 nitrogen and oxygen atoms in total. The van der Waals surface area contributed by atoms with E-state index in [-0.39, 0.29) is 0 Å². The van der Waals surface area contributed by atoms with Crippen LogP contribution in [-0.4, -0.2) is 28.0 Å². The van der Waals surface area contributed by atoms with Gasteiger partial charge in [-0.1, -0.05) is 33.8 Å². The standard InChI is InChI=1S/C17H16BrN3O2S2/c1-2-21-16(15-4-3-7-24-15)19-20-17(21)25-10-11-8-13-14(9-12(11)18)23-6-5-22-13/h3-4,7-9H,2,5-6,10H2,1H3. The number of rotatable bonds is 5. The third kappa shape index (κ3) is 3.43. The summed E-state index contributed by atoms with van der Waals surface area (Å²) in [6.45, 7) is 4.14. The van der Waals surface area contributed by atoms with Gasteiger partial charge < -0.3 is 14.0 Å². The third-order valence-electron chi connectivity index (χ3n) is 3.84. The summed E-state index contributed by atoms with van der Waals surface area (Å²) in [5.74, 6) is 3.31. The number of ether oxygens (including phenoxy) is 2. The van der Waals surface area contributed by atoms with Crippen molar-refractivity contribution in [3.63, 3.8) is 0 Å². The van der Waals surface area contributed by atoms with Gasteiger partial charge in [0.15, 0.2) is 22.5 Å². The van der Waals surface area contributed by atoms with Gasteiger partial charge in [0.25, 0.3) is 0 Å². The molecule has 1 aliphatic rings. The molecule has 0 saturated carbocycles.